The number of alkyl halides is 1. The van der Waals surface area contributed by atoms with Crippen LogP contribution in [0.2, 0.25) is 0 Å². The summed E-state index contributed by atoms with van der Waals surface area (Å²) in [5.74, 6) is 1.10. The molecule has 0 aromatic carbocycles. The number of rotatable bonds is 1. The topological polar surface area (TPSA) is 20.3 Å². The van der Waals surface area contributed by atoms with Crippen LogP contribution < -0.4 is 0 Å². The molecular weight excluding hydrogens is 230 g/mol. The molecule has 1 heterocycles. The third-order valence-electron chi connectivity index (χ3n) is 3.44. The average Bonchev–Trinajstić information content (AvgIpc) is 2.60. The van der Waals surface area contributed by atoms with Crippen molar-refractivity contribution in [1.29, 1.82) is 0 Å². The minimum absolute atomic E-state index is 0.286. The lowest BCUT2D eigenvalue weighted by atomic mass is 9.85. The van der Waals surface area contributed by atoms with E-state index in [1.807, 2.05) is 0 Å². The molecule has 2 fully saturated rings. The van der Waals surface area contributed by atoms with E-state index in [1.54, 1.807) is 0 Å². The van der Waals surface area contributed by atoms with Gasteiger partial charge in [0.1, 0.15) is 0 Å². The van der Waals surface area contributed by atoms with Gasteiger partial charge in [-0.05, 0) is 25.2 Å². The first-order valence-electron chi connectivity index (χ1n) is 5.18. The Kier molecular flexibility index (Phi) is 2.92. The minimum atomic E-state index is 0.286. The van der Waals surface area contributed by atoms with Gasteiger partial charge in [-0.3, -0.25) is 4.79 Å². The number of fused-ring (bicyclic) bond motifs is 1. The molecule has 0 bridgehead atoms. The number of hydrogen-bond acceptors (Lipinski definition) is 1. The summed E-state index contributed by atoms with van der Waals surface area (Å²) >= 11 is 3.25. The zero-order chi connectivity index (χ0) is 9.26. The highest BCUT2D eigenvalue weighted by Gasteiger charge is 2.37. The van der Waals surface area contributed by atoms with Crippen molar-refractivity contribution in [2.45, 2.75) is 38.1 Å². The quantitative estimate of drug-likeness (QED) is 0.649. The predicted octanol–water partition coefficient (Wildman–Crippen LogP) is 2.17. The number of likely N-dealkylation sites (tertiary alicyclic amines) is 1. The van der Waals surface area contributed by atoms with E-state index in [0.29, 0.717) is 11.4 Å². The van der Waals surface area contributed by atoms with Crippen LogP contribution in [0.4, 0.5) is 0 Å². The fourth-order valence-electron chi connectivity index (χ4n) is 2.79. The molecule has 74 valence electrons. The van der Waals surface area contributed by atoms with Crippen molar-refractivity contribution in [2.75, 3.05) is 11.9 Å². The van der Waals surface area contributed by atoms with Crippen LogP contribution in [0, 0.1) is 5.92 Å². The third kappa shape index (κ3) is 1.76. The van der Waals surface area contributed by atoms with Gasteiger partial charge in [-0.15, -0.1) is 0 Å². The summed E-state index contributed by atoms with van der Waals surface area (Å²) in [6, 6.07) is 0.582. The Balaban J connectivity index is 2.02. The molecule has 1 amide bonds. The zero-order valence-corrected chi connectivity index (χ0v) is 9.42. The molecule has 1 saturated carbocycles. The average molecular weight is 246 g/mol. The van der Waals surface area contributed by atoms with Gasteiger partial charge < -0.3 is 4.90 Å². The summed E-state index contributed by atoms with van der Waals surface area (Å²) in [6.45, 7) is 1.000. The van der Waals surface area contributed by atoms with Gasteiger partial charge in [0.05, 0.1) is 5.33 Å². The molecule has 3 heteroatoms. The zero-order valence-electron chi connectivity index (χ0n) is 7.84. The molecule has 1 aliphatic heterocycles. The summed E-state index contributed by atoms with van der Waals surface area (Å²) < 4.78 is 0. The SMILES string of the molecule is O=C(CBr)N1CCC2CCCCC21. The van der Waals surface area contributed by atoms with Gasteiger partial charge in [-0.2, -0.15) is 0 Å². The largest absolute Gasteiger partial charge is 0.339 e. The number of amides is 1. The maximum Gasteiger partial charge on any atom is 0.233 e. The van der Waals surface area contributed by atoms with E-state index in [1.165, 1.54) is 32.1 Å². The Bertz CT molecular complexity index is 207. The lowest BCUT2D eigenvalue weighted by Crippen LogP contribution is -2.39. The predicted molar refractivity (Wildman–Crippen MR) is 55.9 cm³/mol. The lowest BCUT2D eigenvalue weighted by Gasteiger charge is -2.31. The van der Waals surface area contributed by atoms with Crippen molar-refractivity contribution in [3.8, 4) is 0 Å². The van der Waals surface area contributed by atoms with Crippen LogP contribution in [-0.2, 0) is 4.79 Å². The van der Waals surface area contributed by atoms with Crippen LogP contribution in [0.1, 0.15) is 32.1 Å². The van der Waals surface area contributed by atoms with Crippen LogP contribution in [0.25, 0.3) is 0 Å². The Hall–Kier alpha value is -0.0500. The van der Waals surface area contributed by atoms with E-state index in [9.17, 15) is 4.79 Å². The van der Waals surface area contributed by atoms with Gasteiger partial charge in [-0.25, -0.2) is 0 Å². The second-order valence-corrected chi connectivity index (χ2v) is 4.68. The number of nitrogens with zero attached hydrogens (tertiary/aromatic N) is 1. The smallest absolute Gasteiger partial charge is 0.233 e. The fraction of sp³-hybridized carbons (Fsp3) is 0.900. The van der Waals surface area contributed by atoms with Gasteiger partial charge in [-0.1, -0.05) is 28.8 Å². The van der Waals surface area contributed by atoms with Crippen LogP contribution in [-0.4, -0.2) is 28.7 Å². The van der Waals surface area contributed by atoms with Crippen molar-refractivity contribution in [3.05, 3.63) is 0 Å². The summed E-state index contributed by atoms with van der Waals surface area (Å²) in [5, 5.41) is 0.496. The normalized spacial score (nSPS) is 33.2. The van der Waals surface area contributed by atoms with E-state index < -0.39 is 0 Å². The minimum Gasteiger partial charge on any atom is -0.339 e. The number of carbonyl (C=O) groups is 1. The highest BCUT2D eigenvalue weighted by molar-refractivity contribution is 9.09. The maximum atomic E-state index is 11.5. The molecule has 2 unspecified atom stereocenters. The fourth-order valence-corrected chi connectivity index (χ4v) is 3.11. The van der Waals surface area contributed by atoms with E-state index in [2.05, 4.69) is 20.8 Å². The number of hydrogen-bond donors (Lipinski definition) is 0. The lowest BCUT2D eigenvalue weighted by molar-refractivity contribution is -0.129. The van der Waals surface area contributed by atoms with Crippen molar-refractivity contribution in [1.82, 2.24) is 4.90 Å². The van der Waals surface area contributed by atoms with E-state index >= 15 is 0 Å². The van der Waals surface area contributed by atoms with Crippen LogP contribution >= 0.6 is 15.9 Å². The number of carbonyl (C=O) groups excluding carboxylic acids is 1. The monoisotopic (exact) mass is 245 g/mol. The van der Waals surface area contributed by atoms with Crippen molar-refractivity contribution < 1.29 is 4.79 Å². The summed E-state index contributed by atoms with van der Waals surface area (Å²) in [5.41, 5.74) is 0. The molecular formula is C10H16BrNO. The Morgan fingerprint density at radius 1 is 1.31 bits per heavy atom. The Morgan fingerprint density at radius 2 is 2.08 bits per heavy atom. The van der Waals surface area contributed by atoms with E-state index in [-0.39, 0.29) is 5.91 Å². The second kappa shape index (κ2) is 3.99. The molecule has 2 nitrogen and oxygen atoms in total. The van der Waals surface area contributed by atoms with Gasteiger partial charge in [0.25, 0.3) is 0 Å². The summed E-state index contributed by atoms with van der Waals surface area (Å²) in [7, 11) is 0. The Morgan fingerprint density at radius 3 is 2.85 bits per heavy atom. The van der Waals surface area contributed by atoms with E-state index in [4.69, 9.17) is 0 Å². The molecule has 0 radical (unpaired) electrons. The maximum absolute atomic E-state index is 11.5. The molecule has 0 spiro atoms. The second-order valence-electron chi connectivity index (χ2n) is 4.12. The molecule has 2 aliphatic rings. The van der Waals surface area contributed by atoms with Crippen molar-refractivity contribution in [2.24, 2.45) is 5.92 Å². The van der Waals surface area contributed by atoms with Gasteiger partial charge >= 0.3 is 0 Å². The Labute approximate surface area is 87.8 Å². The molecule has 2 rings (SSSR count). The van der Waals surface area contributed by atoms with Gasteiger partial charge in [0, 0.05) is 12.6 Å². The highest BCUT2D eigenvalue weighted by atomic mass is 79.9. The molecule has 1 saturated heterocycles. The first-order valence-corrected chi connectivity index (χ1v) is 6.30. The molecule has 2 atom stereocenters. The standard InChI is InChI=1S/C10H16BrNO/c11-7-10(13)12-6-5-8-3-1-2-4-9(8)12/h8-9H,1-7H2. The highest BCUT2D eigenvalue weighted by Crippen LogP contribution is 2.36. The van der Waals surface area contributed by atoms with Crippen molar-refractivity contribution in [3.63, 3.8) is 0 Å². The molecule has 0 aromatic heterocycles. The van der Waals surface area contributed by atoms with Gasteiger partial charge in [0.2, 0.25) is 5.91 Å². The summed E-state index contributed by atoms with van der Waals surface area (Å²) in [6.07, 6.45) is 6.51. The molecule has 13 heavy (non-hydrogen) atoms. The third-order valence-corrected chi connectivity index (χ3v) is 3.92. The molecule has 1 aliphatic carbocycles. The number of halogens is 1. The van der Waals surface area contributed by atoms with E-state index in [0.717, 1.165) is 12.5 Å². The van der Waals surface area contributed by atoms with Gasteiger partial charge in [0.15, 0.2) is 0 Å². The molecule has 0 aromatic rings. The first kappa shape index (κ1) is 9.50. The van der Waals surface area contributed by atoms with Crippen LogP contribution in [0.5, 0.6) is 0 Å². The summed E-state index contributed by atoms with van der Waals surface area (Å²) in [4.78, 5) is 13.6. The first-order chi connectivity index (χ1) is 6.33. The van der Waals surface area contributed by atoms with Crippen LogP contribution in [0.3, 0.4) is 0 Å². The molecule has 0 N–H and O–H groups in total. The van der Waals surface area contributed by atoms with Crippen molar-refractivity contribution >= 4 is 21.8 Å². The van der Waals surface area contributed by atoms with Crippen LogP contribution in [0.15, 0.2) is 0 Å².